The quantitative estimate of drug-likeness (QED) is 0.445. The Labute approximate surface area is 50.4 Å². The molecule has 2 heteroatoms. The lowest BCUT2D eigenvalue weighted by atomic mass is 10.6. The SMILES string of the molecule is C=C1N(C)CCN1C. The molecule has 1 saturated heterocycles. The second kappa shape index (κ2) is 1.69. The minimum atomic E-state index is 1.12. The van der Waals surface area contributed by atoms with E-state index in [0.29, 0.717) is 0 Å². The first-order valence-electron chi connectivity index (χ1n) is 2.83. The summed E-state index contributed by atoms with van der Waals surface area (Å²) in [6.45, 7) is 6.11. The average Bonchev–Trinajstić information content (AvgIpc) is 1.98. The molecule has 2 nitrogen and oxygen atoms in total. The molecule has 0 amide bonds. The highest BCUT2D eigenvalue weighted by Crippen LogP contribution is 2.09. The lowest BCUT2D eigenvalue weighted by Gasteiger charge is -2.14. The van der Waals surface area contributed by atoms with E-state index < -0.39 is 0 Å². The zero-order chi connectivity index (χ0) is 6.15. The van der Waals surface area contributed by atoms with E-state index in [1.165, 1.54) is 0 Å². The van der Waals surface area contributed by atoms with Crippen LogP contribution >= 0.6 is 0 Å². The van der Waals surface area contributed by atoms with Crippen LogP contribution in [0.5, 0.6) is 0 Å². The van der Waals surface area contributed by atoms with Crippen molar-refractivity contribution in [3.63, 3.8) is 0 Å². The van der Waals surface area contributed by atoms with Crippen molar-refractivity contribution in [1.82, 2.24) is 9.80 Å². The molecule has 0 N–H and O–H groups in total. The summed E-state index contributed by atoms with van der Waals surface area (Å²) < 4.78 is 0. The van der Waals surface area contributed by atoms with Crippen LogP contribution in [0.4, 0.5) is 0 Å². The zero-order valence-corrected chi connectivity index (χ0v) is 5.52. The molecular formula is C6H12N2. The van der Waals surface area contributed by atoms with E-state index in [1.807, 2.05) is 0 Å². The van der Waals surface area contributed by atoms with E-state index >= 15 is 0 Å². The lowest BCUT2D eigenvalue weighted by molar-refractivity contribution is 0.426. The Morgan fingerprint density at radius 1 is 1.25 bits per heavy atom. The summed E-state index contributed by atoms with van der Waals surface area (Å²) in [4.78, 5) is 4.31. The fraction of sp³-hybridized carbons (Fsp3) is 0.667. The lowest BCUT2D eigenvalue weighted by Crippen LogP contribution is -2.14. The van der Waals surface area contributed by atoms with Gasteiger partial charge in [-0.15, -0.1) is 0 Å². The monoisotopic (exact) mass is 112 g/mol. The minimum Gasteiger partial charge on any atom is -0.360 e. The average molecular weight is 112 g/mol. The number of hydrogen-bond donors (Lipinski definition) is 0. The Morgan fingerprint density at radius 3 is 1.75 bits per heavy atom. The molecule has 0 bridgehead atoms. The highest BCUT2D eigenvalue weighted by Gasteiger charge is 2.14. The van der Waals surface area contributed by atoms with Crippen molar-refractivity contribution < 1.29 is 0 Å². The van der Waals surface area contributed by atoms with Gasteiger partial charge in [-0.1, -0.05) is 6.58 Å². The van der Waals surface area contributed by atoms with Gasteiger partial charge >= 0.3 is 0 Å². The fourth-order valence-electron chi connectivity index (χ4n) is 0.850. The van der Waals surface area contributed by atoms with E-state index in [9.17, 15) is 0 Å². The molecule has 46 valence electrons. The molecule has 1 fully saturated rings. The van der Waals surface area contributed by atoms with Crippen LogP contribution in [0.2, 0.25) is 0 Å². The van der Waals surface area contributed by atoms with Gasteiger partial charge < -0.3 is 9.80 Å². The Hall–Kier alpha value is -0.660. The molecule has 1 heterocycles. The van der Waals surface area contributed by atoms with Gasteiger partial charge in [-0.2, -0.15) is 0 Å². The largest absolute Gasteiger partial charge is 0.360 e. The van der Waals surface area contributed by atoms with Crippen LogP contribution in [0.3, 0.4) is 0 Å². The van der Waals surface area contributed by atoms with Gasteiger partial charge in [-0.25, -0.2) is 0 Å². The van der Waals surface area contributed by atoms with Crippen LogP contribution in [-0.4, -0.2) is 37.0 Å². The predicted molar refractivity (Wildman–Crippen MR) is 34.4 cm³/mol. The normalized spacial score (nSPS) is 20.5. The summed E-state index contributed by atoms with van der Waals surface area (Å²) in [6.07, 6.45) is 0. The first kappa shape index (κ1) is 5.48. The van der Waals surface area contributed by atoms with Crippen LogP contribution in [0, 0.1) is 0 Å². The molecule has 0 aromatic heterocycles. The Bertz CT molecular complexity index is 97.1. The third-order valence-electron chi connectivity index (χ3n) is 1.65. The summed E-state index contributed by atoms with van der Waals surface area (Å²) in [5.41, 5.74) is 0. The Balaban J connectivity index is 2.57. The number of hydrogen-bond acceptors (Lipinski definition) is 2. The topological polar surface area (TPSA) is 6.48 Å². The van der Waals surface area contributed by atoms with Crippen LogP contribution in [0.25, 0.3) is 0 Å². The molecule has 0 atom stereocenters. The first-order chi connectivity index (χ1) is 3.72. The standard InChI is InChI=1S/C6H12N2/c1-6-7(2)4-5-8(6)3/h1,4-5H2,2-3H3. The maximum Gasteiger partial charge on any atom is 0.0961 e. The third-order valence-corrected chi connectivity index (χ3v) is 1.65. The molecule has 0 aromatic carbocycles. The molecule has 0 spiro atoms. The van der Waals surface area contributed by atoms with Gasteiger partial charge in [-0.05, 0) is 0 Å². The van der Waals surface area contributed by atoms with Crippen molar-refractivity contribution >= 4 is 0 Å². The molecule has 1 aliphatic heterocycles. The van der Waals surface area contributed by atoms with E-state index in [0.717, 1.165) is 18.9 Å². The van der Waals surface area contributed by atoms with Crippen molar-refractivity contribution in [2.75, 3.05) is 27.2 Å². The molecule has 0 aromatic rings. The van der Waals surface area contributed by atoms with E-state index in [1.54, 1.807) is 0 Å². The van der Waals surface area contributed by atoms with Crippen LogP contribution < -0.4 is 0 Å². The van der Waals surface area contributed by atoms with Gasteiger partial charge in [0.15, 0.2) is 0 Å². The molecule has 0 unspecified atom stereocenters. The molecule has 0 saturated carbocycles. The molecule has 8 heavy (non-hydrogen) atoms. The Morgan fingerprint density at radius 2 is 1.62 bits per heavy atom. The smallest absolute Gasteiger partial charge is 0.0961 e. The van der Waals surface area contributed by atoms with Gasteiger partial charge in [0.05, 0.1) is 5.82 Å². The van der Waals surface area contributed by atoms with Gasteiger partial charge in [0.25, 0.3) is 0 Å². The summed E-state index contributed by atoms with van der Waals surface area (Å²) >= 11 is 0. The van der Waals surface area contributed by atoms with Crippen LogP contribution in [0.1, 0.15) is 0 Å². The van der Waals surface area contributed by atoms with Crippen molar-refractivity contribution in [3.05, 3.63) is 12.4 Å². The maximum atomic E-state index is 3.87. The summed E-state index contributed by atoms with van der Waals surface area (Å²) in [5.74, 6) is 1.13. The van der Waals surface area contributed by atoms with Crippen LogP contribution in [-0.2, 0) is 0 Å². The molecular weight excluding hydrogens is 100 g/mol. The molecule has 1 aliphatic rings. The molecule has 0 aliphatic carbocycles. The van der Waals surface area contributed by atoms with Crippen molar-refractivity contribution in [2.45, 2.75) is 0 Å². The zero-order valence-electron chi connectivity index (χ0n) is 5.52. The minimum absolute atomic E-state index is 1.12. The fourth-order valence-corrected chi connectivity index (χ4v) is 0.850. The highest BCUT2D eigenvalue weighted by atomic mass is 15.4. The number of rotatable bonds is 0. The first-order valence-corrected chi connectivity index (χ1v) is 2.83. The van der Waals surface area contributed by atoms with E-state index in [4.69, 9.17) is 0 Å². The second-order valence-electron chi connectivity index (χ2n) is 2.26. The van der Waals surface area contributed by atoms with Gasteiger partial charge in [0.2, 0.25) is 0 Å². The second-order valence-corrected chi connectivity index (χ2v) is 2.26. The third kappa shape index (κ3) is 0.661. The predicted octanol–water partition coefficient (Wildman–Crippen LogP) is 0.335. The number of nitrogens with zero attached hydrogens (tertiary/aromatic N) is 2. The van der Waals surface area contributed by atoms with Gasteiger partial charge in [0, 0.05) is 27.2 Å². The maximum absolute atomic E-state index is 3.87. The van der Waals surface area contributed by atoms with E-state index in [2.05, 4.69) is 30.5 Å². The summed E-state index contributed by atoms with van der Waals surface area (Å²) in [7, 11) is 4.12. The van der Waals surface area contributed by atoms with Gasteiger partial charge in [0.1, 0.15) is 0 Å². The van der Waals surface area contributed by atoms with Crippen molar-refractivity contribution in [2.24, 2.45) is 0 Å². The number of likely N-dealkylation sites (N-methyl/N-ethyl adjacent to an activating group) is 2. The molecule has 0 radical (unpaired) electrons. The Kier molecular flexibility index (Phi) is 1.16. The highest BCUT2D eigenvalue weighted by molar-refractivity contribution is 4.96. The van der Waals surface area contributed by atoms with Crippen molar-refractivity contribution in [3.8, 4) is 0 Å². The van der Waals surface area contributed by atoms with E-state index in [-0.39, 0.29) is 0 Å². The van der Waals surface area contributed by atoms with Gasteiger partial charge in [-0.3, -0.25) is 0 Å². The van der Waals surface area contributed by atoms with Crippen molar-refractivity contribution in [1.29, 1.82) is 0 Å². The summed E-state index contributed by atoms with van der Waals surface area (Å²) in [6, 6.07) is 0. The molecule has 1 rings (SSSR count). The summed E-state index contributed by atoms with van der Waals surface area (Å²) in [5, 5.41) is 0. The van der Waals surface area contributed by atoms with Crippen LogP contribution in [0.15, 0.2) is 12.4 Å².